The molecule has 6 heteroatoms. The fraction of sp³-hybridized carbons (Fsp3) is 0.385. The lowest BCUT2D eigenvalue weighted by molar-refractivity contribution is -0.141. The maximum absolute atomic E-state index is 12.0. The largest absolute Gasteiger partial charge is 0.480 e. The number of aliphatic carboxylic acids is 1. The van der Waals surface area contributed by atoms with Crippen LogP contribution >= 0.6 is 0 Å². The molecule has 0 unspecified atom stereocenters. The number of carboxylic acid groups (broad SMARTS) is 1. The molecule has 1 aromatic rings. The summed E-state index contributed by atoms with van der Waals surface area (Å²) >= 11 is 0. The SMILES string of the molecule is C[C@@H](O)[C@H](NC(=O)c1ccc2c(c1)CNC2)C(=O)O. The van der Waals surface area contributed by atoms with Crippen LogP contribution in [0.4, 0.5) is 0 Å². The molecule has 0 fully saturated rings. The fourth-order valence-corrected chi connectivity index (χ4v) is 2.05. The number of rotatable bonds is 4. The molecule has 1 aromatic carbocycles. The van der Waals surface area contributed by atoms with Gasteiger partial charge in [-0.1, -0.05) is 6.07 Å². The minimum absolute atomic E-state index is 0.398. The molecule has 0 aliphatic carbocycles. The lowest BCUT2D eigenvalue weighted by atomic mass is 10.1. The Labute approximate surface area is 110 Å². The number of carboxylic acids is 1. The minimum Gasteiger partial charge on any atom is -0.480 e. The van der Waals surface area contributed by atoms with Crippen molar-refractivity contribution >= 4 is 11.9 Å². The molecule has 6 nitrogen and oxygen atoms in total. The van der Waals surface area contributed by atoms with Crippen LogP contribution in [0.15, 0.2) is 18.2 Å². The van der Waals surface area contributed by atoms with E-state index in [0.717, 1.165) is 17.7 Å². The van der Waals surface area contributed by atoms with E-state index in [0.29, 0.717) is 12.1 Å². The van der Waals surface area contributed by atoms with Crippen LogP contribution < -0.4 is 10.6 Å². The third-order valence-electron chi connectivity index (χ3n) is 3.13. The summed E-state index contributed by atoms with van der Waals surface area (Å²) in [5, 5.41) is 23.7. The summed E-state index contributed by atoms with van der Waals surface area (Å²) in [6.45, 7) is 2.81. The molecule has 2 atom stereocenters. The standard InChI is InChI=1S/C13H16N2O4/c1-7(16)11(13(18)19)15-12(17)8-2-3-9-5-14-6-10(9)4-8/h2-4,7,11,14,16H,5-6H2,1H3,(H,15,17)(H,18,19)/t7-,11+/m1/s1. The quantitative estimate of drug-likeness (QED) is 0.606. The van der Waals surface area contributed by atoms with Crippen molar-refractivity contribution in [3.8, 4) is 0 Å². The Morgan fingerprint density at radius 3 is 2.63 bits per heavy atom. The van der Waals surface area contributed by atoms with E-state index in [1.54, 1.807) is 12.1 Å². The Morgan fingerprint density at radius 1 is 1.32 bits per heavy atom. The molecule has 1 aliphatic heterocycles. The number of carbonyl (C=O) groups excluding carboxylic acids is 1. The van der Waals surface area contributed by atoms with Gasteiger partial charge in [0.05, 0.1) is 6.10 Å². The smallest absolute Gasteiger partial charge is 0.328 e. The molecule has 1 heterocycles. The molecule has 0 saturated heterocycles. The highest BCUT2D eigenvalue weighted by molar-refractivity contribution is 5.97. The second-order valence-electron chi connectivity index (χ2n) is 4.62. The molecule has 1 amide bonds. The Hall–Kier alpha value is -1.92. The van der Waals surface area contributed by atoms with Crippen LogP contribution in [-0.4, -0.2) is 34.2 Å². The minimum atomic E-state index is -1.31. The molecule has 19 heavy (non-hydrogen) atoms. The summed E-state index contributed by atoms with van der Waals surface area (Å²) in [6.07, 6.45) is -1.16. The van der Waals surface area contributed by atoms with Crippen molar-refractivity contribution in [2.24, 2.45) is 0 Å². The van der Waals surface area contributed by atoms with Crippen molar-refractivity contribution in [3.05, 3.63) is 34.9 Å². The number of carbonyl (C=O) groups is 2. The predicted octanol–water partition coefficient (Wildman–Crippen LogP) is -0.146. The van der Waals surface area contributed by atoms with E-state index in [1.165, 1.54) is 6.92 Å². The molecule has 102 valence electrons. The molecule has 2 rings (SSSR count). The summed E-state index contributed by atoms with van der Waals surface area (Å²) < 4.78 is 0. The second-order valence-corrected chi connectivity index (χ2v) is 4.62. The van der Waals surface area contributed by atoms with Gasteiger partial charge >= 0.3 is 5.97 Å². The van der Waals surface area contributed by atoms with Crippen LogP contribution in [0.25, 0.3) is 0 Å². The van der Waals surface area contributed by atoms with Crippen LogP contribution in [0.5, 0.6) is 0 Å². The van der Waals surface area contributed by atoms with E-state index in [1.807, 2.05) is 6.07 Å². The summed E-state index contributed by atoms with van der Waals surface area (Å²) in [4.78, 5) is 22.9. The first-order chi connectivity index (χ1) is 8.99. The number of aliphatic hydroxyl groups excluding tert-OH is 1. The number of amides is 1. The summed E-state index contributed by atoms with van der Waals surface area (Å²) in [6, 6.07) is 3.94. The Kier molecular flexibility index (Phi) is 3.82. The Bertz CT molecular complexity index is 513. The Morgan fingerprint density at radius 2 is 2.00 bits per heavy atom. The Balaban J connectivity index is 2.13. The second kappa shape index (κ2) is 5.38. The topological polar surface area (TPSA) is 98.7 Å². The molecule has 0 bridgehead atoms. The van der Waals surface area contributed by atoms with Gasteiger partial charge in [-0.3, -0.25) is 4.79 Å². The number of fused-ring (bicyclic) bond motifs is 1. The maximum Gasteiger partial charge on any atom is 0.328 e. The number of hydrogen-bond acceptors (Lipinski definition) is 4. The fourth-order valence-electron chi connectivity index (χ4n) is 2.05. The van der Waals surface area contributed by atoms with Crippen molar-refractivity contribution in [1.82, 2.24) is 10.6 Å². The summed E-state index contributed by atoms with van der Waals surface area (Å²) in [7, 11) is 0. The number of benzene rings is 1. The van der Waals surface area contributed by atoms with E-state index in [-0.39, 0.29) is 0 Å². The van der Waals surface area contributed by atoms with Gasteiger partial charge in [-0.2, -0.15) is 0 Å². The van der Waals surface area contributed by atoms with Crippen LogP contribution in [0.2, 0.25) is 0 Å². The van der Waals surface area contributed by atoms with Crippen LogP contribution in [0.3, 0.4) is 0 Å². The first-order valence-electron chi connectivity index (χ1n) is 6.03. The van der Waals surface area contributed by atoms with Gasteiger partial charge in [-0.05, 0) is 30.2 Å². The average Bonchev–Trinajstić information content (AvgIpc) is 2.81. The third kappa shape index (κ3) is 2.91. The molecule has 1 aliphatic rings. The zero-order valence-corrected chi connectivity index (χ0v) is 10.5. The number of hydrogen-bond donors (Lipinski definition) is 4. The molecular weight excluding hydrogens is 248 g/mol. The number of nitrogens with one attached hydrogen (secondary N) is 2. The van der Waals surface area contributed by atoms with Crippen LogP contribution in [0.1, 0.15) is 28.4 Å². The molecule has 0 saturated carbocycles. The van der Waals surface area contributed by atoms with Gasteiger partial charge < -0.3 is 20.8 Å². The van der Waals surface area contributed by atoms with Gasteiger partial charge in [0, 0.05) is 18.7 Å². The lowest BCUT2D eigenvalue weighted by Gasteiger charge is -2.17. The van der Waals surface area contributed by atoms with Gasteiger partial charge in [0.25, 0.3) is 5.91 Å². The summed E-state index contributed by atoms with van der Waals surface area (Å²) in [5.41, 5.74) is 2.58. The molecule has 0 radical (unpaired) electrons. The van der Waals surface area contributed by atoms with Crippen molar-refractivity contribution < 1.29 is 19.8 Å². The van der Waals surface area contributed by atoms with Gasteiger partial charge in [-0.15, -0.1) is 0 Å². The van der Waals surface area contributed by atoms with E-state index >= 15 is 0 Å². The average molecular weight is 264 g/mol. The number of aliphatic hydroxyl groups is 1. The van der Waals surface area contributed by atoms with Crippen molar-refractivity contribution in [2.45, 2.75) is 32.2 Å². The van der Waals surface area contributed by atoms with E-state index < -0.39 is 24.0 Å². The molecule has 4 N–H and O–H groups in total. The van der Waals surface area contributed by atoms with Gasteiger partial charge in [0.15, 0.2) is 6.04 Å². The van der Waals surface area contributed by atoms with Crippen LogP contribution in [0, 0.1) is 0 Å². The lowest BCUT2D eigenvalue weighted by Crippen LogP contribution is -2.47. The van der Waals surface area contributed by atoms with Gasteiger partial charge in [-0.25, -0.2) is 4.79 Å². The normalized spacial score (nSPS) is 16.5. The highest BCUT2D eigenvalue weighted by atomic mass is 16.4. The van der Waals surface area contributed by atoms with E-state index in [4.69, 9.17) is 5.11 Å². The first-order valence-corrected chi connectivity index (χ1v) is 6.03. The van der Waals surface area contributed by atoms with Crippen molar-refractivity contribution in [2.75, 3.05) is 0 Å². The van der Waals surface area contributed by atoms with Crippen LogP contribution in [-0.2, 0) is 17.9 Å². The van der Waals surface area contributed by atoms with Crippen molar-refractivity contribution in [3.63, 3.8) is 0 Å². The first kappa shape index (κ1) is 13.5. The zero-order chi connectivity index (χ0) is 14.0. The monoisotopic (exact) mass is 264 g/mol. The van der Waals surface area contributed by atoms with E-state index in [9.17, 15) is 14.7 Å². The predicted molar refractivity (Wildman–Crippen MR) is 67.6 cm³/mol. The molecular formula is C13H16N2O4. The molecule has 0 aromatic heterocycles. The van der Waals surface area contributed by atoms with Gasteiger partial charge in [0.1, 0.15) is 0 Å². The third-order valence-corrected chi connectivity index (χ3v) is 3.13. The van der Waals surface area contributed by atoms with Crippen molar-refractivity contribution in [1.29, 1.82) is 0 Å². The molecule has 0 spiro atoms. The van der Waals surface area contributed by atoms with Gasteiger partial charge in [0.2, 0.25) is 0 Å². The highest BCUT2D eigenvalue weighted by Gasteiger charge is 2.25. The highest BCUT2D eigenvalue weighted by Crippen LogP contribution is 2.17. The zero-order valence-electron chi connectivity index (χ0n) is 10.5. The summed E-state index contributed by atoms with van der Waals surface area (Å²) in [5.74, 6) is -1.76. The van der Waals surface area contributed by atoms with E-state index in [2.05, 4.69) is 10.6 Å². The maximum atomic E-state index is 12.0.